The van der Waals surface area contributed by atoms with Crippen LogP contribution in [0.3, 0.4) is 0 Å². The molecule has 0 saturated heterocycles. The van der Waals surface area contributed by atoms with Gasteiger partial charge in [-0.25, -0.2) is 0 Å². The molecule has 0 aliphatic heterocycles. The molecular formula is C17H22ClNO2. The Hall–Kier alpha value is -1.45. The van der Waals surface area contributed by atoms with Gasteiger partial charge in [-0.3, -0.25) is 0 Å². The van der Waals surface area contributed by atoms with E-state index in [-0.39, 0.29) is 0 Å². The van der Waals surface area contributed by atoms with E-state index in [0.717, 1.165) is 42.2 Å². The Labute approximate surface area is 131 Å². The first-order valence-electron chi connectivity index (χ1n) is 7.30. The largest absolute Gasteiger partial charge is 0.497 e. The highest BCUT2D eigenvalue weighted by Crippen LogP contribution is 2.32. The number of nitrogens with one attached hydrogen (secondary N) is 1. The molecule has 1 atom stereocenters. The van der Waals surface area contributed by atoms with Crippen molar-refractivity contribution >= 4 is 11.6 Å². The lowest BCUT2D eigenvalue weighted by molar-refractivity contribution is 0.414. The maximum atomic E-state index is 6.24. The van der Waals surface area contributed by atoms with E-state index in [2.05, 4.69) is 19.2 Å². The predicted molar refractivity (Wildman–Crippen MR) is 87.2 cm³/mol. The molecular weight excluding hydrogens is 286 g/mol. The Kier molecular flexibility index (Phi) is 5.71. The third kappa shape index (κ3) is 4.26. The molecule has 1 unspecified atom stereocenters. The summed E-state index contributed by atoms with van der Waals surface area (Å²) >= 11 is 6.24. The minimum atomic E-state index is 0.393. The van der Waals surface area contributed by atoms with Crippen LogP contribution in [0.1, 0.15) is 26.0 Å². The van der Waals surface area contributed by atoms with Gasteiger partial charge in [0.15, 0.2) is 0 Å². The molecule has 0 fully saturated rings. The van der Waals surface area contributed by atoms with Crippen molar-refractivity contribution in [2.24, 2.45) is 0 Å². The Balaban J connectivity index is 2.12. The van der Waals surface area contributed by atoms with Crippen LogP contribution in [-0.4, -0.2) is 19.7 Å². The molecule has 0 aliphatic rings. The SMILES string of the molecule is CCCNC(C)Cc1ccc(-c2cc(OC)ccc2Cl)o1. The molecule has 1 heterocycles. The second-order valence-corrected chi connectivity index (χ2v) is 5.58. The van der Waals surface area contributed by atoms with E-state index >= 15 is 0 Å². The summed E-state index contributed by atoms with van der Waals surface area (Å²) < 4.78 is 11.2. The van der Waals surface area contributed by atoms with Crippen molar-refractivity contribution < 1.29 is 9.15 Å². The van der Waals surface area contributed by atoms with E-state index in [1.807, 2.05) is 30.3 Å². The number of halogens is 1. The Morgan fingerprint density at radius 3 is 2.81 bits per heavy atom. The van der Waals surface area contributed by atoms with Crippen LogP contribution in [0.25, 0.3) is 11.3 Å². The molecule has 1 aromatic heterocycles. The summed E-state index contributed by atoms with van der Waals surface area (Å²) in [6.45, 7) is 5.35. The summed E-state index contributed by atoms with van der Waals surface area (Å²) in [5, 5.41) is 4.11. The number of ether oxygens (including phenoxy) is 1. The Bertz CT molecular complexity index is 580. The third-order valence-corrected chi connectivity index (χ3v) is 3.68. The first-order chi connectivity index (χ1) is 10.1. The molecule has 0 spiro atoms. The fourth-order valence-electron chi connectivity index (χ4n) is 2.22. The molecule has 0 saturated carbocycles. The maximum Gasteiger partial charge on any atom is 0.135 e. The zero-order chi connectivity index (χ0) is 15.2. The summed E-state index contributed by atoms with van der Waals surface area (Å²) in [7, 11) is 1.64. The molecule has 2 aromatic rings. The lowest BCUT2D eigenvalue weighted by atomic mass is 10.1. The van der Waals surface area contributed by atoms with Gasteiger partial charge >= 0.3 is 0 Å². The van der Waals surface area contributed by atoms with Crippen LogP contribution in [0, 0.1) is 0 Å². The molecule has 2 rings (SSSR count). The van der Waals surface area contributed by atoms with Crippen molar-refractivity contribution in [1.82, 2.24) is 5.32 Å². The lowest BCUT2D eigenvalue weighted by Gasteiger charge is -2.11. The summed E-state index contributed by atoms with van der Waals surface area (Å²) in [6, 6.07) is 9.92. The van der Waals surface area contributed by atoms with Crippen LogP contribution in [0.4, 0.5) is 0 Å². The molecule has 4 heteroatoms. The second kappa shape index (κ2) is 7.53. The van der Waals surface area contributed by atoms with Gasteiger partial charge in [0, 0.05) is 18.0 Å². The molecule has 0 amide bonds. The first kappa shape index (κ1) is 15.9. The van der Waals surface area contributed by atoms with Crippen LogP contribution in [0.2, 0.25) is 5.02 Å². The average molecular weight is 308 g/mol. The second-order valence-electron chi connectivity index (χ2n) is 5.17. The molecule has 0 radical (unpaired) electrons. The Morgan fingerprint density at radius 1 is 1.29 bits per heavy atom. The number of rotatable bonds is 7. The Morgan fingerprint density at radius 2 is 2.10 bits per heavy atom. The molecule has 0 bridgehead atoms. The standard InChI is InChI=1S/C17H22ClNO2/c1-4-9-19-12(2)10-14-6-8-17(21-14)15-11-13(20-3)5-7-16(15)18/h5-8,11-12,19H,4,9-10H2,1-3H3. The van der Waals surface area contributed by atoms with Crippen molar-refractivity contribution in [2.75, 3.05) is 13.7 Å². The molecule has 3 nitrogen and oxygen atoms in total. The van der Waals surface area contributed by atoms with Crippen molar-refractivity contribution in [3.63, 3.8) is 0 Å². The van der Waals surface area contributed by atoms with Crippen LogP contribution in [-0.2, 0) is 6.42 Å². The minimum Gasteiger partial charge on any atom is -0.497 e. The topological polar surface area (TPSA) is 34.4 Å². The average Bonchev–Trinajstić information content (AvgIpc) is 2.94. The maximum absolute atomic E-state index is 6.24. The van der Waals surface area contributed by atoms with Gasteiger partial charge in [0.1, 0.15) is 17.3 Å². The summed E-state index contributed by atoms with van der Waals surface area (Å²) in [5.41, 5.74) is 0.858. The van der Waals surface area contributed by atoms with Gasteiger partial charge in [-0.1, -0.05) is 18.5 Å². The monoisotopic (exact) mass is 307 g/mol. The van der Waals surface area contributed by atoms with Crippen LogP contribution in [0.5, 0.6) is 5.75 Å². The number of hydrogen-bond acceptors (Lipinski definition) is 3. The van der Waals surface area contributed by atoms with Gasteiger partial charge in [-0.2, -0.15) is 0 Å². The van der Waals surface area contributed by atoms with Crippen LogP contribution >= 0.6 is 11.6 Å². The molecule has 1 aromatic carbocycles. The van der Waals surface area contributed by atoms with E-state index in [4.69, 9.17) is 20.8 Å². The smallest absolute Gasteiger partial charge is 0.135 e. The normalized spacial score (nSPS) is 12.4. The predicted octanol–water partition coefficient (Wildman–Crippen LogP) is 4.54. The molecule has 21 heavy (non-hydrogen) atoms. The number of benzene rings is 1. The van der Waals surface area contributed by atoms with E-state index in [9.17, 15) is 0 Å². The summed E-state index contributed by atoms with van der Waals surface area (Å²) in [5.74, 6) is 2.50. The zero-order valence-corrected chi connectivity index (χ0v) is 13.5. The third-order valence-electron chi connectivity index (χ3n) is 3.35. The van der Waals surface area contributed by atoms with Crippen molar-refractivity contribution in [2.45, 2.75) is 32.7 Å². The quantitative estimate of drug-likeness (QED) is 0.815. The van der Waals surface area contributed by atoms with Gasteiger partial charge in [0.05, 0.1) is 12.1 Å². The lowest BCUT2D eigenvalue weighted by Crippen LogP contribution is -2.28. The highest BCUT2D eigenvalue weighted by atomic mass is 35.5. The number of furan rings is 1. The van der Waals surface area contributed by atoms with Crippen molar-refractivity contribution in [3.05, 3.63) is 41.1 Å². The van der Waals surface area contributed by atoms with Crippen LogP contribution in [0.15, 0.2) is 34.7 Å². The zero-order valence-electron chi connectivity index (χ0n) is 12.8. The molecule has 1 N–H and O–H groups in total. The minimum absolute atomic E-state index is 0.393. The molecule has 114 valence electrons. The summed E-state index contributed by atoms with van der Waals surface area (Å²) in [6.07, 6.45) is 1.99. The van der Waals surface area contributed by atoms with Gasteiger partial charge in [0.25, 0.3) is 0 Å². The van der Waals surface area contributed by atoms with Crippen molar-refractivity contribution in [1.29, 1.82) is 0 Å². The number of hydrogen-bond donors (Lipinski definition) is 1. The fourth-order valence-corrected chi connectivity index (χ4v) is 2.43. The van der Waals surface area contributed by atoms with Gasteiger partial charge in [0.2, 0.25) is 0 Å². The number of methoxy groups -OCH3 is 1. The van der Waals surface area contributed by atoms with Crippen LogP contribution < -0.4 is 10.1 Å². The summed E-state index contributed by atoms with van der Waals surface area (Å²) in [4.78, 5) is 0. The van der Waals surface area contributed by atoms with Gasteiger partial charge < -0.3 is 14.5 Å². The highest BCUT2D eigenvalue weighted by Gasteiger charge is 2.12. The van der Waals surface area contributed by atoms with Gasteiger partial charge in [-0.15, -0.1) is 0 Å². The first-order valence-corrected chi connectivity index (χ1v) is 7.67. The van der Waals surface area contributed by atoms with Gasteiger partial charge in [-0.05, 0) is 50.2 Å². The van der Waals surface area contributed by atoms with E-state index in [0.29, 0.717) is 11.1 Å². The van der Waals surface area contributed by atoms with E-state index in [1.165, 1.54) is 0 Å². The fraction of sp³-hybridized carbons (Fsp3) is 0.412. The van der Waals surface area contributed by atoms with E-state index in [1.54, 1.807) is 7.11 Å². The van der Waals surface area contributed by atoms with Crippen molar-refractivity contribution in [3.8, 4) is 17.1 Å². The van der Waals surface area contributed by atoms with E-state index < -0.39 is 0 Å². The highest BCUT2D eigenvalue weighted by molar-refractivity contribution is 6.33. The molecule has 0 aliphatic carbocycles.